The maximum atomic E-state index is 10.4. The zero-order valence-electron chi connectivity index (χ0n) is 5.46. The second-order valence-electron chi connectivity index (χ2n) is 1.69. The van der Waals surface area contributed by atoms with Crippen molar-refractivity contribution in [3.63, 3.8) is 0 Å². The first-order valence-electron chi connectivity index (χ1n) is 2.76. The highest BCUT2D eigenvalue weighted by molar-refractivity contribution is 5.86. The summed E-state index contributed by atoms with van der Waals surface area (Å²) < 4.78 is 0. The number of nitrogens with zero attached hydrogens (tertiary/aromatic N) is 2. The van der Waals surface area contributed by atoms with Gasteiger partial charge in [0.15, 0.2) is 0 Å². The number of carbonyl (C=O) groups excluding carboxylic acids is 1. The molecule has 0 atom stereocenters. The topological polar surface area (TPSA) is 54.9 Å². The van der Waals surface area contributed by atoms with Crippen LogP contribution in [0.5, 0.6) is 0 Å². The molecule has 4 nitrogen and oxygen atoms in total. The van der Waals surface area contributed by atoms with Gasteiger partial charge in [0, 0.05) is 13.1 Å². The molecule has 0 saturated carbocycles. The Kier molecular flexibility index (Phi) is 1.94. The second-order valence-corrected chi connectivity index (χ2v) is 1.69. The molecule has 1 rings (SSSR count). The SMILES string of the molecule is CC(=O)Nc1n[c]ccn1. The standard InChI is InChI=1S/C6H6N3O/c1-5(10)9-6-7-3-2-4-8-6/h2-3H,1H3,(H,7,8,9,10). The van der Waals surface area contributed by atoms with Crippen molar-refractivity contribution in [2.45, 2.75) is 6.92 Å². The minimum atomic E-state index is -0.181. The zero-order chi connectivity index (χ0) is 7.40. The third-order valence-corrected chi connectivity index (χ3v) is 0.804. The molecule has 0 unspecified atom stereocenters. The van der Waals surface area contributed by atoms with Gasteiger partial charge in [0.1, 0.15) is 0 Å². The molecule has 0 saturated heterocycles. The molecule has 1 N–H and O–H groups in total. The van der Waals surface area contributed by atoms with Gasteiger partial charge >= 0.3 is 0 Å². The van der Waals surface area contributed by atoms with Gasteiger partial charge in [-0.3, -0.25) is 10.1 Å². The molecule has 0 fully saturated rings. The Morgan fingerprint density at radius 2 is 2.60 bits per heavy atom. The van der Waals surface area contributed by atoms with Gasteiger partial charge < -0.3 is 0 Å². The van der Waals surface area contributed by atoms with Gasteiger partial charge in [-0.15, -0.1) is 0 Å². The van der Waals surface area contributed by atoms with E-state index in [0.29, 0.717) is 0 Å². The fourth-order valence-electron chi connectivity index (χ4n) is 0.486. The quantitative estimate of drug-likeness (QED) is 0.601. The Balaban J connectivity index is 2.67. The summed E-state index contributed by atoms with van der Waals surface area (Å²) in [6, 6.07) is 1.56. The number of carbonyl (C=O) groups is 1. The van der Waals surface area contributed by atoms with Gasteiger partial charge in [-0.25, -0.2) is 9.97 Å². The summed E-state index contributed by atoms with van der Waals surface area (Å²) in [4.78, 5) is 17.8. The normalized spacial score (nSPS) is 8.90. The number of amides is 1. The summed E-state index contributed by atoms with van der Waals surface area (Å²) in [6.45, 7) is 1.40. The summed E-state index contributed by atoms with van der Waals surface area (Å²) in [5, 5.41) is 2.41. The molecule has 0 spiro atoms. The van der Waals surface area contributed by atoms with E-state index in [4.69, 9.17) is 0 Å². The van der Waals surface area contributed by atoms with E-state index < -0.39 is 0 Å². The molecule has 1 aromatic rings. The Morgan fingerprint density at radius 3 is 3.10 bits per heavy atom. The number of nitrogens with one attached hydrogen (secondary N) is 1. The van der Waals surface area contributed by atoms with Gasteiger partial charge in [-0.1, -0.05) is 0 Å². The highest BCUT2D eigenvalue weighted by Gasteiger charge is 1.93. The van der Waals surface area contributed by atoms with Crippen molar-refractivity contribution in [3.05, 3.63) is 18.5 Å². The lowest BCUT2D eigenvalue weighted by Crippen LogP contribution is -2.08. The first kappa shape index (κ1) is 6.67. The molecule has 1 heterocycles. The lowest BCUT2D eigenvalue weighted by atomic mass is 10.6. The summed E-state index contributed by atoms with van der Waals surface area (Å²) in [5.41, 5.74) is 0. The second kappa shape index (κ2) is 2.91. The minimum Gasteiger partial charge on any atom is -0.295 e. The molecule has 0 aliphatic heterocycles. The fraction of sp³-hybridized carbons (Fsp3) is 0.167. The van der Waals surface area contributed by atoms with Gasteiger partial charge in [0.2, 0.25) is 11.9 Å². The van der Waals surface area contributed by atoms with E-state index in [-0.39, 0.29) is 11.9 Å². The van der Waals surface area contributed by atoms with Crippen molar-refractivity contribution >= 4 is 11.9 Å². The lowest BCUT2D eigenvalue weighted by molar-refractivity contribution is -0.114. The van der Waals surface area contributed by atoms with Crippen LogP contribution in [0.3, 0.4) is 0 Å². The van der Waals surface area contributed by atoms with Gasteiger partial charge in [-0.2, -0.15) is 0 Å². The summed E-state index contributed by atoms with van der Waals surface area (Å²) in [7, 11) is 0. The molecule has 0 aliphatic rings. The van der Waals surface area contributed by atoms with E-state index >= 15 is 0 Å². The van der Waals surface area contributed by atoms with Crippen LogP contribution in [0.1, 0.15) is 6.92 Å². The van der Waals surface area contributed by atoms with Gasteiger partial charge in [0.05, 0.1) is 6.20 Å². The monoisotopic (exact) mass is 136 g/mol. The third-order valence-electron chi connectivity index (χ3n) is 0.804. The molecule has 0 aliphatic carbocycles. The third kappa shape index (κ3) is 1.81. The first-order chi connectivity index (χ1) is 4.79. The number of hydrogen-bond acceptors (Lipinski definition) is 3. The van der Waals surface area contributed by atoms with Gasteiger partial charge in [0.25, 0.3) is 0 Å². The molecule has 0 aromatic carbocycles. The zero-order valence-corrected chi connectivity index (χ0v) is 5.46. The van der Waals surface area contributed by atoms with E-state index in [1.165, 1.54) is 13.1 Å². The van der Waals surface area contributed by atoms with Crippen molar-refractivity contribution < 1.29 is 4.79 Å². The number of rotatable bonds is 1. The molecule has 51 valence electrons. The highest BCUT2D eigenvalue weighted by atomic mass is 16.1. The Morgan fingerprint density at radius 1 is 1.80 bits per heavy atom. The molecule has 1 aromatic heterocycles. The molecule has 10 heavy (non-hydrogen) atoms. The largest absolute Gasteiger partial charge is 0.295 e. The van der Waals surface area contributed by atoms with Crippen molar-refractivity contribution in [3.8, 4) is 0 Å². The average Bonchev–Trinajstić information content (AvgIpc) is 1.88. The fourth-order valence-corrected chi connectivity index (χ4v) is 0.486. The predicted molar refractivity (Wildman–Crippen MR) is 35.2 cm³/mol. The van der Waals surface area contributed by atoms with Gasteiger partial charge in [-0.05, 0) is 6.07 Å². The molecule has 1 amide bonds. The van der Waals surface area contributed by atoms with Crippen LogP contribution >= 0.6 is 0 Å². The minimum absolute atomic E-state index is 0.181. The van der Waals surface area contributed by atoms with Crippen molar-refractivity contribution in [1.29, 1.82) is 0 Å². The number of hydrogen-bond donors (Lipinski definition) is 1. The highest BCUT2D eigenvalue weighted by Crippen LogP contribution is 1.91. The maximum absolute atomic E-state index is 10.4. The lowest BCUT2D eigenvalue weighted by Gasteiger charge is -1.95. The van der Waals surface area contributed by atoms with Crippen LogP contribution < -0.4 is 5.32 Å². The van der Waals surface area contributed by atoms with Crippen LogP contribution in [0.2, 0.25) is 0 Å². The Bertz CT molecular complexity index is 222. The predicted octanol–water partition coefficient (Wildman–Crippen LogP) is 0.235. The Labute approximate surface area is 58.3 Å². The molecular formula is C6H6N3O. The maximum Gasteiger partial charge on any atom is 0.229 e. The van der Waals surface area contributed by atoms with E-state index in [0.717, 1.165) is 0 Å². The summed E-state index contributed by atoms with van der Waals surface area (Å²) in [6.07, 6.45) is 4.05. The van der Waals surface area contributed by atoms with Crippen LogP contribution in [0.25, 0.3) is 0 Å². The molecule has 1 radical (unpaired) electrons. The smallest absolute Gasteiger partial charge is 0.229 e. The van der Waals surface area contributed by atoms with Crippen molar-refractivity contribution in [2.75, 3.05) is 5.32 Å². The average molecular weight is 136 g/mol. The van der Waals surface area contributed by atoms with Crippen LogP contribution in [0.4, 0.5) is 5.95 Å². The molecular weight excluding hydrogens is 130 g/mol. The summed E-state index contributed by atoms with van der Waals surface area (Å²) in [5.74, 6) is 0.106. The van der Waals surface area contributed by atoms with E-state index in [1.807, 2.05) is 0 Å². The summed E-state index contributed by atoms with van der Waals surface area (Å²) >= 11 is 0. The van der Waals surface area contributed by atoms with Crippen LogP contribution in [0.15, 0.2) is 12.3 Å². The molecule has 4 heteroatoms. The number of anilines is 1. The van der Waals surface area contributed by atoms with Crippen molar-refractivity contribution in [2.24, 2.45) is 0 Å². The van der Waals surface area contributed by atoms with Crippen LogP contribution in [-0.4, -0.2) is 15.9 Å². The first-order valence-corrected chi connectivity index (χ1v) is 2.76. The van der Waals surface area contributed by atoms with Crippen molar-refractivity contribution in [1.82, 2.24) is 9.97 Å². The van der Waals surface area contributed by atoms with Crippen LogP contribution in [-0.2, 0) is 4.79 Å². The van der Waals surface area contributed by atoms with E-state index in [1.54, 1.807) is 6.07 Å². The van der Waals surface area contributed by atoms with Crippen LogP contribution in [0, 0.1) is 6.20 Å². The number of aromatic nitrogens is 2. The van der Waals surface area contributed by atoms with E-state index in [2.05, 4.69) is 21.5 Å². The van der Waals surface area contributed by atoms with E-state index in [9.17, 15) is 4.79 Å². The Hall–Kier alpha value is -1.45. The molecule has 0 bridgehead atoms.